The molecule has 6 nitrogen and oxygen atoms in total. The van der Waals surface area contributed by atoms with Gasteiger partial charge in [0.15, 0.2) is 0 Å². The van der Waals surface area contributed by atoms with E-state index in [-0.39, 0.29) is 29.9 Å². The lowest BCUT2D eigenvalue weighted by Gasteiger charge is -2.11. The van der Waals surface area contributed by atoms with Gasteiger partial charge in [-0.25, -0.2) is 9.07 Å². The fraction of sp³-hybridized carbons (Fsp3) is 0.353. The average molecular weight is 331 g/mol. The standard InChI is InChI=1S/C17H18FN3O3/c18-13-5-3-12(4-6-13)14-7-8-16(22)21(20-14)10-9-19-17(23)15-2-1-11-24-15/h3-8,15H,1-2,9-11H2,(H,19,23). The molecule has 0 spiro atoms. The molecule has 1 amide bonds. The van der Waals surface area contributed by atoms with Crippen LogP contribution in [-0.4, -0.2) is 34.9 Å². The minimum Gasteiger partial charge on any atom is -0.368 e. The summed E-state index contributed by atoms with van der Waals surface area (Å²) in [5, 5.41) is 7.02. The number of ether oxygens (including phenoxy) is 1. The van der Waals surface area contributed by atoms with Crippen molar-refractivity contribution in [1.29, 1.82) is 0 Å². The Morgan fingerprint density at radius 3 is 2.79 bits per heavy atom. The Morgan fingerprint density at radius 2 is 2.08 bits per heavy atom. The number of nitrogens with zero attached hydrogens (tertiary/aromatic N) is 2. The van der Waals surface area contributed by atoms with Gasteiger partial charge in [0.25, 0.3) is 5.56 Å². The maximum absolute atomic E-state index is 13.0. The first kappa shape index (κ1) is 16.3. The molecule has 1 aliphatic rings. The van der Waals surface area contributed by atoms with Crippen molar-refractivity contribution < 1.29 is 13.9 Å². The predicted octanol–water partition coefficient (Wildman–Crippen LogP) is 1.34. The van der Waals surface area contributed by atoms with Gasteiger partial charge in [-0.1, -0.05) is 0 Å². The minimum absolute atomic E-state index is 0.157. The van der Waals surface area contributed by atoms with Gasteiger partial charge in [-0.3, -0.25) is 9.59 Å². The Morgan fingerprint density at radius 1 is 1.29 bits per heavy atom. The molecular formula is C17H18FN3O3. The Hall–Kier alpha value is -2.54. The second-order valence-electron chi connectivity index (χ2n) is 5.58. The van der Waals surface area contributed by atoms with Gasteiger partial charge in [-0.15, -0.1) is 0 Å². The maximum atomic E-state index is 13.0. The van der Waals surface area contributed by atoms with Crippen LogP contribution in [0.3, 0.4) is 0 Å². The molecule has 2 heterocycles. The first-order valence-corrected chi connectivity index (χ1v) is 7.87. The molecule has 1 saturated heterocycles. The smallest absolute Gasteiger partial charge is 0.266 e. The first-order valence-electron chi connectivity index (χ1n) is 7.87. The van der Waals surface area contributed by atoms with Crippen LogP contribution < -0.4 is 10.9 Å². The number of hydrogen-bond donors (Lipinski definition) is 1. The fourth-order valence-electron chi connectivity index (χ4n) is 2.57. The van der Waals surface area contributed by atoms with Crippen LogP contribution in [0.2, 0.25) is 0 Å². The predicted molar refractivity (Wildman–Crippen MR) is 85.9 cm³/mol. The van der Waals surface area contributed by atoms with Crippen LogP contribution in [0.1, 0.15) is 12.8 Å². The summed E-state index contributed by atoms with van der Waals surface area (Å²) in [6.45, 7) is 1.16. The topological polar surface area (TPSA) is 73.2 Å². The van der Waals surface area contributed by atoms with Gasteiger partial charge in [0.05, 0.1) is 12.2 Å². The summed E-state index contributed by atoms with van der Waals surface area (Å²) in [7, 11) is 0. The Kier molecular flexibility index (Phi) is 5.00. The number of amides is 1. The number of aromatic nitrogens is 2. The lowest BCUT2D eigenvalue weighted by Crippen LogP contribution is -2.37. The molecule has 1 fully saturated rings. The molecule has 3 rings (SSSR count). The van der Waals surface area contributed by atoms with Crippen LogP contribution in [-0.2, 0) is 16.1 Å². The highest BCUT2D eigenvalue weighted by atomic mass is 19.1. The molecule has 0 bridgehead atoms. The summed E-state index contributed by atoms with van der Waals surface area (Å²) in [4.78, 5) is 23.8. The van der Waals surface area contributed by atoms with Crippen molar-refractivity contribution in [3.05, 3.63) is 52.6 Å². The monoisotopic (exact) mass is 331 g/mol. The highest BCUT2D eigenvalue weighted by molar-refractivity contribution is 5.80. The quantitative estimate of drug-likeness (QED) is 0.897. The zero-order chi connectivity index (χ0) is 16.9. The SMILES string of the molecule is O=C(NCCn1nc(-c2ccc(F)cc2)ccc1=O)C1CCCO1. The largest absolute Gasteiger partial charge is 0.368 e. The van der Waals surface area contributed by atoms with E-state index in [2.05, 4.69) is 10.4 Å². The number of benzene rings is 1. The zero-order valence-electron chi connectivity index (χ0n) is 13.1. The molecular weight excluding hydrogens is 313 g/mol. The second kappa shape index (κ2) is 7.35. The van der Waals surface area contributed by atoms with Crippen molar-refractivity contribution in [2.24, 2.45) is 0 Å². The van der Waals surface area contributed by atoms with E-state index in [9.17, 15) is 14.0 Å². The molecule has 1 aromatic heterocycles. The lowest BCUT2D eigenvalue weighted by atomic mass is 10.1. The molecule has 1 atom stereocenters. The number of halogens is 1. The van der Waals surface area contributed by atoms with Gasteiger partial charge in [0, 0.05) is 24.8 Å². The Balaban J connectivity index is 1.64. The van der Waals surface area contributed by atoms with Gasteiger partial charge in [0.1, 0.15) is 11.9 Å². The molecule has 1 unspecified atom stereocenters. The first-order chi connectivity index (χ1) is 11.6. The van der Waals surface area contributed by atoms with Crippen LogP contribution in [0.25, 0.3) is 11.3 Å². The Bertz CT molecular complexity index is 767. The maximum Gasteiger partial charge on any atom is 0.266 e. The number of carbonyl (C=O) groups is 1. The fourth-order valence-corrected chi connectivity index (χ4v) is 2.57. The summed E-state index contributed by atoms with van der Waals surface area (Å²) in [6.07, 6.45) is 1.23. The summed E-state index contributed by atoms with van der Waals surface area (Å²) >= 11 is 0. The van der Waals surface area contributed by atoms with Crippen molar-refractivity contribution in [3.8, 4) is 11.3 Å². The highest BCUT2D eigenvalue weighted by Crippen LogP contribution is 2.15. The van der Waals surface area contributed by atoms with E-state index < -0.39 is 0 Å². The zero-order valence-corrected chi connectivity index (χ0v) is 13.1. The van der Waals surface area contributed by atoms with Crippen LogP contribution in [0.4, 0.5) is 4.39 Å². The lowest BCUT2D eigenvalue weighted by molar-refractivity contribution is -0.130. The van der Waals surface area contributed by atoms with E-state index in [4.69, 9.17) is 4.74 Å². The molecule has 0 radical (unpaired) electrons. The van der Waals surface area contributed by atoms with Crippen molar-refractivity contribution in [1.82, 2.24) is 15.1 Å². The third-order valence-corrected chi connectivity index (χ3v) is 3.85. The van der Waals surface area contributed by atoms with Crippen LogP contribution in [0.5, 0.6) is 0 Å². The molecule has 1 N–H and O–H groups in total. The normalized spacial score (nSPS) is 17.0. The average Bonchev–Trinajstić information content (AvgIpc) is 3.12. The van der Waals surface area contributed by atoms with Crippen LogP contribution in [0, 0.1) is 5.82 Å². The van der Waals surface area contributed by atoms with Gasteiger partial charge >= 0.3 is 0 Å². The van der Waals surface area contributed by atoms with E-state index in [0.717, 1.165) is 12.8 Å². The highest BCUT2D eigenvalue weighted by Gasteiger charge is 2.22. The summed E-state index contributed by atoms with van der Waals surface area (Å²) in [5.41, 5.74) is 1.03. The second-order valence-corrected chi connectivity index (χ2v) is 5.58. The summed E-state index contributed by atoms with van der Waals surface area (Å²) in [5.74, 6) is -0.487. The molecule has 0 saturated carbocycles. The molecule has 2 aromatic rings. The number of nitrogens with one attached hydrogen (secondary N) is 1. The van der Waals surface area contributed by atoms with Crippen molar-refractivity contribution in [2.75, 3.05) is 13.2 Å². The van der Waals surface area contributed by atoms with Crippen molar-refractivity contribution in [2.45, 2.75) is 25.5 Å². The van der Waals surface area contributed by atoms with E-state index in [0.29, 0.717) is 24.4 Å². The molecule has 0 aliphatic carbocycles. The van der Waals surface area contributed by atoms with Crippen LogP contribution in [0.15, 0.2) is 41.2 Å². The summed E-state index contributed by atoms with van der Waals surface area (Å²) < 4.78 is 19.6. The molecule has 1 aliphatic heterocycles. The van der Waals surface area contributed by atoms with Gasteiger partial charge in [0.2, 0.25) is 5.91 Å². The van der Waals surface area contributed by atoms with Crippen molar-refractivity contribution >= 4 is 5.91 Å². The van der Waals surface area contributed by atoms with E-state index >= 15 is 0 Å². The minimum atomic E-state index is -0.389. The number of carbonyl (C=O) groups excluding carboxylic acids is 1. The van der Waals surface area contributed by atoms with E-state index in [1.54, 1.807) is 18.2 Å². The molecule has 24 heavy (non-hydrogen) atoms. The molecule has 7 heteroatoms. The third-order valence-electron chi connectivity index (χ3n) is 3.85. The number of hydrogen-bond acceptors (Lipinski definition) is 4. The third kappa shape index (κ3) is 3.86. The van der Waals surface area contributed by atoms with Crippen LogP contribution >= 0.6 is 0 Å². The number of rotatable bonds is 5. The summed E-state index contributed by atoms with van der Waals surface area (Å²) in [6, 6.07) is 8.89. The van der Waals surface area contributed by atoms with Gasteiger partial charge in [-0.2, -0.15) is 5.10 Å². The molecule has 1 aromatic carbocycles. The molecule has 126 valence electrons. The van der Waals surface area contributed by atoms with E-state index in [1.807, 2.05) is 0 Å². The van der Waals surface area contributed by atoms with Gasteiger partial charge in [-0.05, 0) is 43.2 Å². The van der Waals surface area contributed by atoms with Crippen molar-refractivity contribution in [3.63, 3.8) is 0 Å². The van der Waals surface area contributed by atoms with E-state index in [1.165, 1.54) is 22.9 Å². The Labute approximate surface area is 138 Å². The van der Waals surface area contributed by atoms with Gasteiger partial charge < -0.3 is 10.1 Å².